The molecular weight excluding hydrogens is 347 g/mol. The molecular formula is C14H20Cl2N2O3S. The Kier molecular flexibility index (Phi) is 5.61. The molecule has 1 saturated heterocycles. The molecule has 5 nitrogen and oxygen atoms in total. The SMILES string of the molecule is CC1Cc2cc(S(=O)(=O)N3CCCNCC3)cc(Cl)c2O1.Cl. The molecule has 0 bridgehead atoms. The van der Waals surface area contributed by atoms with Crippen molar-refractivity contribution in [3.8, 4) is 5.75 Å². The van der Waals surface area contributed by atoms with Crippen molar-refractivity contribution in [1.82, 2.24) is 9.62 Å². The van der Waals surface area contributed by atoms with E-state index in [2.05, 4.69) is 5.32 Å². The van der Waals surface area contributed by atoms with Crippen molar-refractivity contribution < 1.29 is 13.2 Å². The van der Waals surface area contributed by atoms with E-state index in [1.54, 1.807) is 6.07 Å². The summed E-state index contributed by atoms with van der Waals surface area (Å²) in [5.74, 6) is 0.626. The molecule has 8 heteroatoms. The lowest BCUT2D eigenvalue weighted by atomic mass is 10.1. The van der Waals surface area contributed by atoms with Crippen LogP contribution < -0.4 is 10.1 Å². The summed E-state index contributed by atoms with van der Waals surface area (Å²) < 4.78 is 32.7. The van der Waals surface area contributed by atoms with E-state index >= 15 is 0 Å². The molecule has 1 N–H and O–H groups in total. The number of nitrogens with zero attached hydrogens (tertiary/aromatic N) is 1. The van der Waals surface area contributed by atoms with Gasteiger partial charge in [0.15, 0.2) is 0 Å². The summed E-state index contributed by atoms with van der Waals surface area (Å²) >= 11 is 6.20. The molecule has 2 aliphatic rings. The van der Waals surface area contributed by atoms with Gasteiger partial charge < -0.3 is 10.1 Å². The maximum absolute atomic E-state index is 12.8. The summed E-state index contributed by atoms with van der Waals surface area (Å²) in [4.78, 5) is 0.269. The Bertz CT molecular complexity index is 644. The summed E-state index contributed by atoms with van der Waals surface area (Å²) in [6.45, 7) is 4.51. The van der Waals surface area contributed by atoms with Crippen LogP contribution in [0.3, 0.4) is 0 Å². The smallest absolute Gasteiger partial charge is 0.243 e. The third-order valence-electron chi connectivity index (χ3n) is 3.86. The van der Waals surface area contributed by atoms with Crippen molar-refractivity contribution >= 4 is 34.0 Å². The van der Waals surface area contributed by atoms with Crippen LogP contribution in [0.5, 0.6) is 5.75 Å². The number of ether oxygens (including phenoxy) is 1. The van der Waals surface area contributed by atoms with E-state index < -0.39 is 10.0 Å². The molecule has 2 heterocycles. The van der Waals surface area contributed by atoms with E-state index in [9.17, 15) is 8.42 Å². The molecule has 3 rings (SSSR count). The third-order valence-corrected chi connectivity index (χ3v) is 6.01. The summed E-state index contributed by atoms with van der Waals surface area (Å²) in [6.07, 6.45) is 1.55. The topological polar surface area (TPSA) is 58.6 Å². The number of rotatable bonds is 2. The van der Waals surface area contributed by atoms with Crippen molar-refractivity contribution in [2.75, 3.05) is 26.2 Å². The third kappa shape index (κ3) is 3.36. The van der Waals surface area contributed by atoms with Gasteiger partial charge in [-0.2, -0.15) is 4.31 Å². The average molecular weight is 367 g/mol. The van der Waals surface area contributed by atoms with Crippen LogP contribution in [0.4, 0.5) is 0 Å². The summed E-state index contributed by atoms with van der Waals surface area (Å²) in [5.41, 5.74) is 0.876. The highest BCUT2D eigenvalue weighted by Gasteiger charge is 2.29. The Hall–Kier alpha value is -0.530. The second kappa shape index (κ2) is 6.93. The van der Waals surface area contributed by atoms with E-state index in [-0.39, 0.29) is 23.4 Å². The van der Waals surface area contributed by atoms with Crippen LogP contribution in [0.2, 0.25) is 5.02 Å². The summed E-state index contributed by atoms with van der Waals surface area (Å²) in [7, 11) is -3.49. The lowest BCUT2D eigenvalue weighted by Crippen LogP contribution is -2.34. The molecule has 1 fully saturated rings. The standard InChI is InChI=1S/C14H19ClN2O3S.ClH/c1-10-7-11-8-12(9-13(15)14(11)20-10)21(18,19)17-5-2-3-16-4-6-17;/h8-10,16H,2-7H2,1H3;1H. The van der Waals surface area contributed by atoms with Crippen LogP contribution in [0.15, 0.2) is 17.0 Å². The fourth-order valence-corrected chi connectivity index (χ4v) is 4.72. The maximum Gasteiger partial charge on any atom is 0.243 e. The van der Waals surface area contributed by atoms with E-state index in [0.717, 1.165) is 18.5 Å². The molecule has 0 amide bonds. The quantitative estimate of drug-likeness (QED) is 0.870. The van der Waals surface area contributed by atoms with Crippen LogP contribution in [0, 0.1) is 0 Å². The highest BCUT2D eigenvalue weighted by Crippen LogP contribution is 2.38. The van der Waals surface area contributed by atoms with Crippen molar-refractivity contribution in [1.29, 1.82) is 0 Å². The molecule has 1 aromatic carbocycles. The number of fused-ring (bicyclic) bond motifs is 1. The minimum absolute atomic E-state index is 0. The van der Waals surface area contributed by atoms with Crippen LogP contribution in [-0.4, -0.2) is 45.0 Å². The van der Waals surface area contributed by atoms with Gasteiger partial charge in [-0.25, -0.2) is 8.42 Å². The fourth-order valence-electron chi connectivity index (χ4n) is 2.82. The van der Waals surface area contributed by atoms with Gasteiger partial charge in [-0.05, 0) is 32.0 Å². The number of hydrogen-bond donors (Lipinski definition) is 1. The summed E-state index contributed by atoms with van der Waals surface area (Å²) in [6, 6.07) is 3.21. The van der Waals surface area contributed by atoms with Crippen LogP contribution >= 0.6 is 24.0 Å². The van der Waals surface area contributed by atoms with Crippen LogP contribution in [-0.2, 0) is 16.4 Å². The first-order valence-corrected chi connectivity index (χ1v) is 9.00. The highest BCUT2D eigenvalue weighted by atomic mass is 35.5. The molecule has 1 unspecified atom stereocenters. The van der Waals surface area contributed by atoms with Crippen LogP contribution in [0.1, 0.15) is 18.9 Å². The van der Waals surface area contributed by atoms with Gasteiger partial charge in [-0.3, -0.25) is 0 Å². The fraction of sp³-hybridized carbons (Fsp3) is 0.571. The predicted octanol–water partition coefficient (Wildman–Crippen LogP) is 2.07. The lowest BCUT2D eigenvalue weighted by Gasteiger charge is -2.20. The molecule has 22 heavy (non-hydrogen) atoms. The molecule has 0 radical (unpaired) electrons. The number of hydrogen-bond acceptors (Lipinski definition) is 4. The number of halogens is 2. The molecule has 0 spiro atoms. The summed E-state index contributed by atoms with van der Waals surface area (Å²) in [5, 5.41) is 3.59. The van der Waals surface area contributed by atoms with Gasteiger partial charge in [-0.15, -0.1) is 12.4 Å². The Labute approximate surface area is 142 Å². The highest BCUT2D eigenvalue weighted by molar-refractivity contribution is 7.89. The number of nitrogens with one attached hydrogen (secondary N) is 1. The largest absolute Gasteiger partial charge is 0.489 e. The second-order valence-electron chi connectivity index (χ2n) is 5.53. The first kappa shape index (κ1) is 17.8. The normalized spacial score (nSPS) is 22.4. The molecule has 0 aromatic heterocycles. The first-order valence-electron chi connectivity index (χ1n) is 7.18. The number of sulfonamides is 1. The first-order chi connectivity index (χ1) is 9.98. The Morgan fingerprint density at radius 1 is 1.32 bits per heavy atom. The molecule has 0 saturated carbocycles. The zero-order valence-corrected chi connectivity index (χ0v) is 14.7. The molecule has 124 valence electrons. The monoisotopic (exact) mass is 366 g/mol. The Balaban J connectivity index is 0.00000176. The second-order valence-corrected chi connectivity index (χ2v) is 7.88. The lowest BCUT2D eigenvalue weighted by molar-refractivity contribution is 0.255. The predicted molar refractivity (Wildman–Crippen MR) is 88.7 cm³/mol. The maximum atomic E-state index is 12.8. The molecule has 1 aromatic rings. The minimum atomic E-state index is -3.49. The molecule has 1 atom stereocenters. The van der Waals surface area contributed by atoms with Gasteiger partial charge in [0.2, 0.25) is 10.0 Å². The molecule has 0 aliphatic carbocycles. The Morgan fingerprint density at radius 2 is 2.09 bits per heavy atom. The van der Waals surface area contributed by atoms with E-state index in [1.165, 1.54) is 10.4 Å². The van der Waals surface area contributed by atoms with E-state index in [4.69, 9.17) is 16.3 Å². The van der Waals surface area contributed by atoms with Gasteiger partial charge in [0.25, 0.3) is 0 Å². The van der Waals surface area contributed by atoms with Gasteiger partial charge in [0.1, 0.15) is 11.9 Å². The van der Waals surface area contributed by atoms with E-state index in [1.807, 2.05) is 6.92 Å². The average Bonchev–Trinajstić information content (AvgIpc) is 2.64. The zero-order valence-electron chi connectivity index (χ0n) is 12.3. The van der Waals surface area contributed by atoms with E-state index in [0.29, 0.717) is 36.8 Å². The van der Waals surface area contributed by atoms with Crippen molar-refractivity contribution in [2.24, 2.45) is 0 Å². The minimum Gasteiger partial charge on any atom is -0.489 e. The van der Waals surface area contributed by atoms with Crippen molar-refractivity contribution in [3.05, 3.63) is 22.7 Å². The van der Waals surface area contributed by atoms with Crippen LogP contribution in [0.25, 0.3) is 0 Å². The zero-order chi connectivity index (χ0) is 15.0. The van der Waals surface area contributed by atoms with Gasteiger partial charge in [0.05, 0.1) is 9.92 Å². The van der Waals surface area contributed by atoms with Crippen molar-refractivity contribution in [3.63, 3.8) is 0 Å². The van der Waals surface area contributed by atoms with Crippen molar-refractivity contribution in [2.45, 2.75) is 30.8 Å². The Morgan fingerprint density at radius 3 is 2.86 bits per heavy atom. The van der Waals surface area contributed by atoms with Gasteiger partial charge in [0, 0.05) is 31.6 Å². The molecule has 2 aliphatic heterocycles. The van der Waals surface area contributed by atoms with Gasteiger partial charge >= 0.3 is 0 Å². The number of benzene rings is 1. The van der Waals surface area contributed by atoms with Gasteiger partial charge in [-0.1, -0.05) is 11.6 Å².